The van der Waals surface area contributed by atoms with Crippen molar-refractivity contribution in [2.24, 2.45) is 0 Å². The van der Waals surface area contributed by atoms with E-state index in [0.717, 1.165) is 4.90 Å². The van der Waals surface area contributed by atoms with Crippen molar-refractivity contribution >= 4 is 46.6 Å². The standard InChI is InChI=1S/C16H12Cl2N2O2S/c17-11-4-3-6-13(16(11)18)22-10-15(21)20-12-5-1-2-7-14(12)23-9-8-19/h1-7H,9-10H2,(H,20,21). The third kappa shape index (κ3) is 5.07. The van der Waals surface area contributed by atoms with E-state index in [1.807, 2.05) is 12.1 Å². The van der Waals surface area contributed by atoms with Crippen LogP contribution in [0.2, 0.25) is 10.0 Å². The van der Waals surface area contributed by atoms with E-state index in [1.54, 1.807) is 30.3 Å². The molecule has 7 heteroatoms. The van der Waals surface area contributed by atoms with Crippen LogP contribution in [-0.2, 0) is 4.79 Å². The summed E-state index contributed by atoms with van der Waals surface area (Å²) in [5.41, 5.74) is 0.638. The van der Waals surface area contributed by atoms with Gasteiger partial charge in [0.05, 0.1) is 22.5 Å². The summed E-state index contributed by atoms with van der Waals surface area (Å²) in [5.74, 6) is 0.328. The molecule has 0 saturated heterocycles. The van der Waals surface area contributed by atoms with Crippen molar-refractivity contribution in [1.29, 1.82) is 5.26 Å². The molecular formula is C16H12Cl2N2O2S. The Balaban J connectivity index is 1.98. The van der Waals surface area contributed by atoms with Crippen molar-refractivity contribution in [2.45, 2.75) is 4.90 Å². The first-order chi connectivity index (χ1) is 11.1. The fourth-order valence-corrected chi connectivity index (χ4v) is 2.75. The molecule has 2 aromatic rings. The van der Waals surface area contributed by atoms with Crippen LogP contribution < -0.4 is 10.1 Å². The van der Waals surface area contributed by atoms with Gasteiger partial charge >= 0.3 is 0 Å². The monoisotopic (exact) mass is 366 g/mol. The zero-order chi connectivity index (χ0) is 16.7. The summed E-state index contributed by atoms with van der Waals surface area (Å²) in [6.07, 6.45) is 0. The Morgan fingerprint density at radius 1 is 1.22 bits per heavy atom. The van der Waals surface area contributed by atoms with Gasteiger partial charge in [0, 0.05) is 4.90 Å². The predicted octanol–water partition coefficient (Wildman–Crippen LogP) is 4.63. The maximum atomic E-state index is 12.0. The molecule has 0 atom stereocenters. The summed E-state index contributed by atoms with van der Waals surface area (Å²) in [5, 5.41) is 12.0. The van der Waals surface area contributed by atoms with Crippen molar-refractivity contribution in [3.8, 4) is 11.8 Å². The van der Waals surface area contributed by atoms with Crippen LogP contribution >= 0.6 is 35.0 Å². The van der Waals surface area contributed by atoms with E-state index in [2.05, 4.69) is 11.4 Å². The first-order valence-electron chi connectivity index (χ1n) is 6.57. The number of para-hydroxylation sites is 1. The zero-order valence-corrected chi connectivity index (χ0v) is 14.2. The Morgan fingerprint density at radius 2 is 2.00 bits per heavy atom. The van der Waals surface area contributed by atoms with Crippen LogP contribution in [-0.4, -0.2) is 18.3 Å². The van der Waals surface area contributed by atoms with Gasteiger partial charge in [0.15, 0.2) is 6.61 Å². The number of anilines is 1. The van der Waals surface area contributed by atoms with Gasteiger partial charge in [-0.1, -0.05) is 41.4 Å². The molecule has 0 aliphatic carbocycles. The van der Waals surface area contributed by atoms with Crippen molar-refractivity contribution < 1.29 is 9.53 Å². The normalized spacial score (nSPS) is 9.96. The Hall–Kier alpha value is -1.87. The molecule has 0 radical (unpaired) electrons. The topological polar surface area (TPSA) is 62.1 Å². The molecule has 0 spiro atoms. The molecule has 0 unspecified atom stereocenters. The van der Waals surface area contributed by atoms with Gasteiger partial charge in [-0.2, -0.15) is 5.26 Å². The number of thioether (sulfide) groups is 1. The number of amides is 1. The lowest BCUT2D eigenvalue weighted by Gasteiger charge is -2.11. The molecule has 2 aromatic carbocycles. The summed E-state index contributed by atoms with van der Waals surface area (Å²) in [6, 6.07) is 14.3. The van der Waals surface area contributed by atoms with E-state index >= 15 is 0 Å². The van der Waals surface area contributed by atoms with E-state index in [1.165, 1.54) is 11.8 Å². The number of hydrogen-bond donors (Lipinski definition) is 1. The number of hydrogen-bond acceptors (Lipinski definition) is 4. The highest BCUT2D eigenvalue weighted by molar-refractivity contribution is 7.99. The molecule has 118 valence electrons. The number of carbonyl (C=O) groups excluding carboxylic acids is 1. The van der Waals surface area contributed by atoms with Gasteiger partial charge in [-0.05, 0) is 24.3 Å². The minimum Gasteiger partial charge on any atom is -0.482 e. The van der Waals surface area contributed by atoms with Gasteiger partial charge in [0.1, 0.15) is 10.8 Å². The van der Waals surface area contributed by atoms with Crippen molar-refractivity contribution in [1.82, 2.24) is 0 Å². The van der Waals surface area contributed by atoms with Gasteiger partial charge < -0.3 is 10.1 Å². The van der Waals surface area contributed by atoms with Gasteiger partial charge in [-0.25, -0.2) is 0 Å². The van der Waals surface area contributed by atoms with Crippen molar-refractivity contribution in [3.63, 3.8) is 0 Å². The Kier molecular flexibility index (Phi) is 6.60. The fourth-order valence-electron chi connectivity index (χ4n) is 1.73. The maximum Gasteiger partial charge on any atom is 0.262 e. The largest absolute Gasteiger partial charge is 0.482 e. The van der Waals surface area contributed by atoms with Crippen LogP contribution in [0.25, 0.3) is 0 Å². The number of halogens is 2. The van der Waals surface area contributed by atoms with E-state index < -0.39 is 0 Å². The highest BCUT2D eigenvalue weighted by Crippen LogP contribution is 2.31. The van der Waals surface area contributed by atoms with Crippen molar-refractivity contribution in [2.75, 3.05) is 17.7 Å². The molecule has 1 amide bonds. The zero-order valence-electron chi connectivity index (χ0n) is 11.9. The third-order valence-electron chi connectivity index (χ3n) is 2.73. The average molecular weight is 367 g/mol. The van der Waals surface area contributed by atoms with Gasteiger partial charge in [0.25, 0.3) is 5.91 Å². The molecule has 0 fully saturated rings. The Labute approximate surface area is 148 Å². The second kappa shape index (κ2) is 8.68. The quantitative estimate of drug-likeness (QED) is 0.757. The second-order valence-electron chi connectivity index (χ2n) is 4.33. The molecular weight excluding hydrogens is 355 g/mol. The molecule has 1 N–H and O–H groups in total. The summed E-state index contributed by atoms with van der Waals surface area (Å²) >= 11 is 13.2. The number of rotatable bonds is 6. The van der Waals surface area contributed by atoms with Crippen LogP contribution in [0.3, 0.4) is 0 Å². The van der Waals surface area contributed by atoms with E-state index in [0.29, 0.717) is 22.2 Å². The molecule has 0 aliphatic rings. The minimum atomic E-state index is -0.328. The number of benzene rings is 2. The Bertz CT molecular complexity index is 747. The lowest BCUT2D eigenvalue weighted by atomic mass is 10.3. The minimum absolute atomic E-state index is 0.197. The molecule has 0 bridgehead atoms. The average Bonchev–Trinajstić information content (AvgIpc) is 2.55. The molecule has 2 rings (SSSR count). The Morgan fingerprint density at radius 3 is 2.78 bits per heavy atom. The molecule has 4 nitrogen and oxygen atoms in total. The van der Waals surface area contributed by atoms with Crippen LogP contribution in [0, 0.1) is 11.3 Å². The van der Waals surface area contributed by atoms with Crippen LogP contribution in [0.4, 0.5) is 5.69 Å². The number of nitrogens with zero attached hydrogens (tertiary/aromatic N) is 1. The summed E-state index contributed by atoms with van der Waals surface area (Å²) in [4.78, 5) is 12.8. The first-order valence-corrected chi connectivity index (χ1v) is 8.31. The lowest BCUT2D eigenvalue weighted by Crippen LogP contribution is -2.20. The molecule has 23 heavy (non-hydrogen) atoms. The predicted molar refractivity (Wildman–Crippen MR) is 93.4 cm³/mol. The van der Waals surface area contributed by atoms with Gasteiger partial charge in [-0.3, -0.25) is 4.79 Å². The SMILES string of the molecule is N#CCSc1ccccc1NC(=O)COc1cccc(Cl)c1Cl. The summed E-state index contributed by atoms with van der Waals surface area (Å²) < 4.78 is 5.39. The second-order valence-corrected chi connectivity index (χ2v) is 6.13. The van der Waals surface area contributed by atoms with Gasteiger partial charge in [-0.15, -0.1) is 11.8 Å². The first kappa shape index (κ1) is 17.5. The number of nitrogens with one attached hydrogen (secondary N) is 1. The summed E-state index contributed by atoms with van der Waals surface area (Å²) in [7, 11) is 0. The summed E-state index contributed by atoms with van der Waals surface area (Å²) in [6.45, 7) is -0.197. The van der Waals surface area contributed by atoms with Crippen molar-refractivity contribution in [3.05, 3.63) is 52.5 Å². The van der Waals surface area contributed by atoms with Gasteiger partial charge in [0.2, 0.25) is 0 Å². The molecule has 0 aromatic heterocycles. The molecule has 0 saturated carbocycles. The van der Waals surface area contributed by atoms with Crippen LogP contribution in [0.1, 0.15) is 0 Å². The van der Waals surface area contributed by atoms with Crippen LogP contribution in [0.5, 0.6) is 5.75 Å². The molecule has 0 aliphatic heterocycles. The smallest absolute Gasteiger partial charge is 0.262 e. The van der Waals surface area contributed by atoms with E-state index in [4.69, 9.17) is 33.2 Å². The lowest BCUT2D eigenvalue weighted by molar-refractivity contribution is -0.118. The molecule has 0 heterocycles. The fraction of sp³-hybridized carbons (Fsp3) is 0.125. The third-order valence-corrected chi connectivity index (χ3v) is 4.47. The number of carbonyl (C=O) groups is 1. The highest BCUT2D eigenvalue weighted by Gasteiger charge is 2.10. The number of ether oxygens (including phenoxy) is 1. The highest BCUT2D eigenvalue weighted by atomic mass is 35.5. The van der Waals surface area contributed by atoms with E-state index in [9.17, 15) is 4.79 Å². The van der Waals surface area contributed by atoms with Crippen LogP contribution in [0.15, 0.2) is 47.4 Å². The van der Waals surface area contributed by atoms with E-state index in [-0.39, 0.29) is 17.5 Å². The maximum absolute atomic E-state index is 12.0. The number of nitriles is 1.